The topological polar surface area (TPSA) is 89.1 Å². The Morgan fingerprint density at radius 2 is 1.78 bits per heavy atom. The van der Waals surface area contributed by atoms with Crippen molar-refractivity contribution < 1.29 is 14.6 Å². The van der Waals surface area contributed by atoms with Crippen LogP contribution in [0.15, 0.2) is 89.1 Å². The van der Waals surface area contributed by atoms with Crippen molar-refractivity contribution in [2.75, 3.05) is 7.11 Å². The smallest absolute Gasteiger partial charge is 0.296 e. The van der Waals surface area contributed by atoms with E-state index in [0.29, 0.717) is 39.8 Å². The molecule has 5 aromatic rings. The molecular formula is C29H26N4O3. The molecule has 2 heterocycles. The van der Waals surface area contributed by atoms with Gasteiger partial charge < -0.3 is 14.4 Å². The monoisotopic (exact) mass is 478 g/mol. The second kappa shape index (κ2) is 10.00. The zero-order chi connectivity index (χ0) is 25.1. The maximum absolute atomic E-state index is 13.4. The molecule has 0 spiro atoms. The molecule has 0 fully saturated rings. The van der Waals surface area contributed by atoms with Crippen LogP contribution in [0.4, 0.5) is 5.69 Å². The Bertz CT molecular complexity index is 1590. The number of ether oxygens (including phenoxy) is 1. The molecule has 0 atom stereocenters. The SMILES string of the molecule is CCCCn1c(O)c(N=NC(=O)c2cc(-c3ccccc3)nc3ccccc23)c2cc(OC)ccc21. The van der Waals surface area contributed by atoms with Crippen molar-refractivity contribution in [3.63, 3.8) is 0 Å². The van der Waals surface area contributed by atoms with Gasteiger partial charge in [0.15, 0.2) is 5.69 Å². The third-order valence-corrected chi connectivity index (χ3v) is 6.21. The summed E-state index contributed by atoms with van der Waals surface area (Å²) in [5.41, 5.74) is 3.73. The number of azo groups is 1. The number of nitrogens with zero attached hydrogens (tertiary/aromatic N) is 4. The van der Waals surface area contributed by atoms with E-state index in [0.717, 1.165) is 23.9 Å². The summed E-state index contributed by atoms with van der Waals surface area (Å²) in [5.74, 6) is 0.0981. The van der Waals surface area contributed by atoms with Crippen LogP contribution in [0.25, 0.3) is 33.1 Å². The van der Waals surface area contributed by atoms with Crippen LogP contribution in [0.2, 0.25) is 0 Å². The number of hydrogen-bond donors (Lipinski definition) is 1. The van der Waals surface area contributed by atoms with Gasteiger partial charge in [-0.25, -0.2) is 4.98 Å². The van der Waals surface area contributed by atoms with Gasteiger partial charge in [0.2, 0.25) is 5.88 Å². The van der Waals surface area contributed by atoms with Crippen molar-refractivity contribution in [3.8, 4) is 22.9 Å². The number of aromatic hydroxyl groups is 1. The molecule has 7 nitrogen and oxygen atoms in total. The first kappa shape index (κ1) is 23.2. The molecule has 2 aromatic heterocycles. The van der Waals surface area contributed by atoms with Crippen molar-refractivity contribution in [1.29, 1.82) is 0 Å². The van der Waals surface area contributed by atoms with Crippen molar-refractivity contribution in [2.24, 2.45) is 10.2 Å². The minimum atomic E-state index is -0.512. The summed E-state index contributed by atoms with van der Waals surface area (Å²) in [4.78, 5) is 18.1. The zero-order valence-electron chi connectivity index (χ0n) is 20.2. The number of benzene rings is 3. The van der Waals surface area contributed by atoms with E-state index in [9.17, 15) is 9.90 Å². The van der Waals surface area contributed by atoms with Gasteiger partial charge in [-0.3, -0.25) is 4.79 Å². The van der Waals surface area contributed by atoms with E-state index in [4.69, 9.17) is 9.72 Å². The van der Waals surface area contributed by atoms with Crippen molar-refractivity contribution in [3.05, 3.63) is 84.4 Å². The minimum Gasteiger partial charge on any atom is -0.497 e. The van der Waals surface area contributed by atoms with Gasteiger partial charge in [0.05, 0.1) is 29.4 Å². The Labute approximate surface area is 208 Å². The van der Waals surface area contributed by atoms with Crippen molar-refractivity contribution in [2.45, 2.75) is 26.3 Å². The van der Waals surface area contributed by atoms with Crippen LogP contribution in [-0.2, 0) is 6.54 Å². The van der Waals surface area contributed by atoms with Gasteiger partial charge in [0.1, 0.15) is 5.75 Å². The van der Waals surface area contributed by atoms with E-state index in [1.807, 2.05) is 66.7 Å². The van der Waals surface area contributed by atoms with Crippen molar-refractivity contribution in [1.82, 2.24) is 9.55 Å². The Morgan fingerprint density at radius 3 is 2.56 bits per heavy atom. The standard InChI is InChI=1S/C29H26N4O3/c1-3-4-16-33-26-15-14-20(36-2)17-23(26)27(29(33)35)31-32-28(34)22-18-25(19-10-6-5-7-11-19)30-24-13-9-8-12-21(22)24/h5-15,17-18,35H,3-4,16H2,1-2H3. The number of hydrogen-bond acceptors (Lipinski definition) is 5. The number of carbonyl (C=O) groups is 1. The number of methoxy groups -OCH3 is 1. The molecule has 0 bridgehead atoms. The van der Waals surface area contributed by atoms with E-state index in [1.54, 1.807) is 23.8 Å². The number of aryl methyl sites for hydroxylation is 1. The molecule has 0 unspecified atom stereocenters. The molecular weight excluding hydrogens is 452 g/mol. The molecule has 5 rings (SSSR count). The van der Waals surface area contributed by atoms with Crippen LogP contribution in [0.5, 0.6) is 11.6 Å². The van der Waals surface area contributed by atoms with Gasteiger partial charge in [-0.05, 0) is 36.8 Å². The Hall–Kier alpha value is -4.52. The number of fused-ring (bicyclic) bond motifs is 2. The molecule has 0 radical (unpaired) electrons. The third kappa shape index (κ3) is 4.31. The van der Waals surface area contributed by atoms with Crippen LogP contribution in [0, 0.1) is 0 Å². The largest absolute Gasteiger partial charge is 0.497 e. The van der Waals surface area contributed by atoms with E-state index in [2.05, 4.69) is 17.2 Å². The lowest BCUT2D eigenvalue weighted by Crippen LogP contribution is -1.99. The first-order chi connectivity index (χ1) is 17.6. The molecule has 0 aliphatic rings. The lowest BCUT2D eigenvalue weighted by molar-refractivity contribution is 0.0996. The lowest BCUT2D eigenvalue weighted by atomic mass is 10.0. The third-order valence-electron chi connectivity index (χ3n) is 6.21. The second-order valence-electron chi connectivity index (χ2n) is 8.50. The maximum Gasteiger partial charge on any atom is 0.296 e. The van der Waals surface area contributed by atoms with Gasteiger partial charge in [-0.15, -0.1) is 10.2 Å². The highest BCUT2D eigenvalue weighted by Crippen LogP contribution is 2.41. The predicted octanol–water partition coefficient (Wildman–Crippen LogP) is 7.29. The predicted molar refractivity (Wildman–Crippen MR) is 141 cm³/mol. The first-order valence-electron chi connectivity index (χ1n) is 11.9. The van der Waals surface area contributed by atoms with E-state index < -0.39 is 5.91 Å². The van der Waals surface area contributed by atoms with Crippen LogP contribution >= 0.6 is 0 Å². The van der Waals surface area contributed by atoms with E-state index in [1.165, 1.54) is 0 Å². The number of carbonyl (C=O) groups excluding carboxylic acids is 1. The summed E-state index contributed by atoms with van der Waals surface area (Å²) in [6.45, 7) is 2.72. The number of pyridine rings is 1. The normalized spacial score (nSPS) is 11.5. The van der Waals surface area contributed by atoms with E-state index >= 15 is 0 Å². The maximum atomic E-state index is 13.4. The van der Waals surface area contributed by atoms with Crippen LogP contribution < -0.4 is 4.74 Å². The number of para-hydroxylation sites is 1. The molecule has 1 amide bonds. The fourth-order valence-corrected chi connectivity index (χ4v) is 4.33. The summed E-state index contributed by atoms with van der Waals surface area (Å²) < 4.78 is 7.17. The van der Waals surface area contributed by atoms with Gasteiger partial charge >= 0.3 is 0 Å². The van der Waals surface area contributed by atoms with E-state index in [-0.39, 0.29) is 11.6 Å². The Balaban J connectivity index is 1.60. The summed E-state index contributed by atoms with van der Waals surface area (Å²) in [5, 5.41) is 20.7. The van der Waals surface area contributed by atoms with Gasteiger partial charge in [-0.2, -0.15) is 0 Å². The van der Waals surface area contributed by atoms with Crippen molar-refractivity contribution >= 4 is 33.4 Å². The summed E-state index contributed by atoms with van der Waals surface area (Å²) in [7, 11) is 1.58. The molecule has 0 aliphatic carbocycles. The van der Waals surface area contributed by atoms with Crippen LogP contribution in [0.3, 0.4) is 0 Å². The molecule has 180 valence electrons. The number of amides is 1. The van der Waals surface area contributed by atoms with Gasteiger partial charge in [-0.1, -0.05) is 61.9 Å². The highest BCUT2D eigenvalue weighted by Gasteiger charge is 2.19. The lowest BCUT2D eigenvalue weighted by Gasteiger charge is -2.07. The van der Waals surface area contributed by atoms with Gasteiger partial charge in [0, 0.05) is 22.9 Å². The van der Waals surface area contributed by atoms with Crippen LogP contribution in [0.1, 0.15) is 30.1 Å². The second-order valence-corrected chi connectivity index (χ2v) is 8.50. The average Bonchev–Trinajstić information content (AvgIpc) is 3.19. The highest BCUT2D eigenvalue weighted by atomic mass is 16.5. The zero-order valence-corrected chi connectivity index (χ0v) is 20.2. The molecule has 0 saturated heterocycles. The fourth-order valence-electron chi connectivity index (χ4n) is 4.33. The number of unbranched alkanes of at least 4 members (excludes halogenated alkanes) is 1. The highest BCUT2D eigenvalue weighted by molar-refractivity contribution is 6.07. The number of rotatable bonds is 7. The molecule has 3 aromatic carbocycles. The first-order valence-corrected chi connectivity index (χ1v) is 11.9. The molecule has 0 saturated carbocycles. The molecule has 0 aliphatic heterocycles. The fraction of sp³-hybridized carbons (Fsp3) is 0.172. The summed E-state index contributed by atoms with van der Waals surface area (Å²) in [6, 6.07) is 24.4. The Morgan fingerprint density at radius 1 is 1.00 bits per heavy atom. The minimum absolute atomic E-state index is 0.0205. The molecule has 36 heavy (non-hydrogen) atoms. The quantitative estimate of drug-likeness (QED) is 0.249. The number of aromatic nitrogens is 2. The Kier molecular flexibility index (Phi) is 6.45. The van der Waals surface area contributed by atoms with Crippen LogP contribution in [-0.4, -0.2) is 27.7 Å². The van der Waals surface area contributed by atoms with Gasteiger partial charge in [0.25, 0.3) is 5.91 Å². The average molecular weight is 479 g/mol. The molecule has 1 N–H and O–H groups in total. The molecule has 7 heteroatoms. The summed E-state index contributed by atoms with van der Waals surface area (Å²) >= 11 is 0. The summed E-state index contributed by atoms with van der Waals surface area (Å²) in [6.07, 6.45) is 1.87.